The van der Waals surface area contributed by atoms with E-state index in [9.17, 15) is 23.2 Å². The molecular weight excluding hydrogens is 468 g/mol. The topological polar surface area (TPSA) is 92.4 Å². The zero-order valence-corrected chi connectivity index (χ0v) is 19.0. The van der Waals surface area contributed by atoms with Crippen molar-refractivity contribution in [3.05, 3.63) is 96.3 Å². The second-order valence-electron chi connectivity index (χ2n) is 7.43. The highest BCUT2D eigenvalue weighted by Crippen LogP contribution is 2.28. The molecule has 0 unspecified atom stereocenters. The molecule has 0 bridgehead atoms. The monoisotopic (exact) mass is 487 g/mol. The van der Waals surface area contributed by atoms with Crippen molar-refractivity contribution in [2.45, 2.75) is 25.8 Å². The van der Waals surface area contributed by atoms with Crippen molar-refractivity contribution < 1.29 is 23.0 Å². The van der Waals surface area contributed by atoms with E-state index >= 15 is 0 Å². The van der Waals surface area contributed by atoms with Crippen LogP contribution in [0.1, 0.15) is 22.4 Å². The van der Waals surface area contributed by atoms with E-state index in [1.54, 1.807) is 19.1 Å². The first kappa shape index (κ1) is 23.4. The minimum absolute atomic E-state index is 0.0218. The second-order valence-corrected chi connectivity index (χ2v) is 8.45. The summed E-state index contributed by atoms with van der Waals surface area (Å²) in [5.41, 5.74) is 0.474. The number of pyridine rings is 1. The lowest BCUT2D eigenvalue weighted by Gasteiger charge is -2.20. The standard InChI is InChI=1S/C23H19F2N3O5S/c1-13-18-12-34-19(22(30)33-11-15-5-6-26-20(8-15)32-2)10-27(18)23(31)28(21(13)29)9-14-3-4-16(24)17(25)7-14/h3-8,10H,9,11-12H2,1-2H3. The third-order valence-corrected chi connectivity index (χ3v) is 6.24. The van der Waals surface area contributed by atoms with Crippen LogP contribution in [-0.2, 0) is 28.4 Å². The van der Waals surface area contributed by atoms with Crippen LogP contribution in [-0.4, -0.2) is 27.2 Å². The van der Waals surface area contributed by atoms with Gasteiger partial charge in [0.2, 0.25) is 5.88 Å². The predicted octanol–water partition coefficient (Wildman–Crippen LogP) is 2.84. The average molecular weight is 487 g/mol. The Morgan fingerprint density at radius 3 is 2.68 bits per heavy atom. The molecule has 1 aromatic carbocycles. The normalized spacial score (nSPS) is 12.6. The fraction of sp³-hybridized carbons (Fsp3) is 0.217. The number of ether oxygens (including phenoxy) is 2. The lowest BCUT2D eigenvalue weighted by molar-refractivity contribution is -0.139. The van der Waals surface area contributed by atoms with Crippen molar-refractivity contribution in [2.24, 2.45) is 0 Å². The van der Waals surface area contributed by atoms with Gasteiger partial charge in [-0.15, -0.1) is 11.8 Å². The van der Waals surface area contributed by atoms with E-state index in [2.05, 4.69) is 4.98 Å². The summed E-state index contributed by atoms with van der Waals surface area (Å²) in [6.07, 6.45) is 2.86. The maximum absolute atomic E-state index is 13.6. The molecule has 0 spiro atoms. The number of carbonyl (C=O) groups excluding carboxylic acids is 1. The summed E-state index contributed by atoms with van der Waals surface area (Å²) < 4.78 is 39.4. The molecular formula is C23H19F2N3O5S. The van der Waals surface area contributed by atoms with Crippen LogP contribution in [0.4, 0.5) is 8.78 Å². The Labute approximate surface area is 196 Å². The number of thioether (sulfide) groups is 1. The van der Waals surface area contributed by atoms with Crippen LogP contribution in [0.5, 0.6) is 5.88 Å². The first-order chi connectivity index (χ1) is 16.3. The summed E-state index contributed by atoms with van der Waals surface area (Å²) in [5, 5.41) is 0. The van der Waals surface area contributed by atoms with Gasteiger partial charge in [0, 0.05) is 35.5 Å². The van der Waals surface area contributed by atoms with E-state index in [0.29, 0.717) is 22.7 Å². The van der Waals surface area contributed by atoms with Gasteiger partial charge in [0.25, 0.3) is 5.56 Å². The number of hydrogen-bond acceptors (Lipinski definition) is 7. The van der Waals surface area contributed by atoms with Crippen molar-refractivity contribution in [1.82, 2.24) is 14.1 Å². The van der Waals surface area contributed by atoms with Crippen molar-refractivity contribution in [1.29, 1.82) is 0 Å². The summed E-state index contributed by atoms with van der Waals surface area (Å²) in [7, 11) is 1.48. The van der Waals surface area contributed by atoms with E-state index in [-0.39, 0.29) is 29.4 Å². The summed E-state index contributed by atoms with van der Waals surface area (Å²) in [6.45, 7) is 1.30. The largest absolute Gasteiger partial charge is 0.481 e. The summed E-state index contributed by atoms with van der Waals surface area (Å²) >= 11 is 1.15. The van der Waals surface area contributed by atoms with Crippen LogP contribution in [0.3, 0.4) is 0 Å². The molecule has 0 N–H and O–H groups in total. The fourth-order valence-electron chi connectivity index (χ4n) is 3.39. The Morgan fingerprint density at radius 2 is 1.94 bits per heavy atom. The quantitative estimate of drug-likeness (QED) is 0.494. The molecule has 0 atom stereocenters. The molecule has 3 heterocycles. The number of esters is 1. The molecule has 0 amide bonds. The Balaban J connectivity index is 1.62. The SMILES string of the molecule is COc1cc(COC(=O)C2=Cn3c(c(C)c(=O)n(Cc4ccc(F)c(F)c4)c3=O)CS2)ccn1. The van der Waals surface area contributed by atoms with Gasteiger partial charge in [-0.2, -0.15) is 0 Å². The van der Waals surface area contributed by atoms with Crippen LogP contribution in [0.25, 0.3) is 6.20 Å². The molecule has 4 rings (SSSR count). The average Bonchev–Trinajstić information content (AvgIpc) is 2.85. The number of halogens is 2. The molecule has 176 valence electrons. The first-order valence-electron chi connectivity index (χ1n) is 10.1. The van der Waals surface area contributed by atoms with Gasteiger partial charge in [-0.05, 0) is 36.2 Å². The van der Waals surface area contributed by atoms with Gasteiger partial charge in [-0.25, -0.2) is 23.4 Å². The number of methoxy groups -OCH3 is 1. The zero-order valence-electron chi connectivity index (χ0n) is 18.2. The molecule has 0 fully saturated rings. The Kier molecular flexibility index (Phi) is 6.64. The smallest absolute Gasteiger partial charge is 0.346 e. The van der Waals surface area contributed by atoms with Crippen molar-refractivity contribution in [3.63, 3.8) is 0 Å². The molecule has 34 heavy (non-hydrogen) atoms. The minimum Gasteiger partial charge on any atom is -0.481 e. The number of carbonyl (C=O) groups is 1. The van der Waals surface area contributed by atoms with Gasteiger partial charge in [-0.1, -0.05) is 6.07 Å². The summed E-state index contributed by atoms with van der Waals surface area (Å²) in [6, 6.07) is 6.48. The first-order valence-corrected chi connectivity index (χ1v) is 11.1. The third kappa shape index (κ3) is 4.65. The third-order valence-electron chi connectivity index (χ3n) is 5.24. The van der Waals surface area contributed by atoms with Gasteiger partial charge in [0.05, 0.1) is 13.7 Å². The molecule has 0 radical (unpaired) electrons. The van der Waals surface area contributed by atoms with Crippen LogP contribution in [0.15, 0.2) is 51.0 Å². The number of rotatable bonds is 6. The lowest BCUT2D eigenvalue weighted by Crippen LogP contribution is -2.42. The van der Waals surface area contributed by atoms with E-state index in [1.165, 1.54) is 30.1 Å². The number of hydrogen-bond donors (Lipinski definition) is 0. The Hall–Kier alpha value is -3.73. The van der Waals surface area contributed by atoms with E-state index in [1.807, 2.05) is 0 Å². The molecule has 0 saturated carbocycles. The van der Waals surface area contributed by atoms with Crippen LogP contribution < -0.4 is 16.0 Å². The van der Waals surface area contributed by atoms with Crippen LogP contribution >= 0.6 is 11.8 Å². The second kappa shape index (κ2) is 9.64. The molecule has 0 aliphatic carbocycles. The maximum Gasteiger partial charge on any atom is 0.346 e. The zero-order chi connectivity index (χ0) is 24.4. The highest BCUT2D eigenvalue weighted by molar-refractivity contribution is 8.03. The van der Waals surface area contributed by atoms with Crippen molar-refractivity contribution in [3.8, 4) is 5.88 Å². The number of benzene rings is 1. The molecule has 1 aliphatic rings. The molecule has 2 aromatic heterocycles. The van der Waals surface area contributed by atoms with Gasteiger partial charge in [0.1, 0.15) is 11.5 Å². The van der Waals surface area contributed by atoms with E-state index in [0.717, 1.165) is 28.5 Å². The van der Waals surface area contributed by atoms with Crippen molar-refractivity contribution in [2.75, 3.05) is 7.11 Å². The lowest BCUT2D eigenvalue weighted by atomic mass is 10.2. The fourth-order valence-corrected chi connectivity index (χ4v) is 4.40. The van der Waals surface area contributed by atoms with Gasteiger partial charge < -0.3 is 9.47 Å². The number of aromatic nitrogens is 3. The molecule has 11 heteroatoms. The molecule has 0 saturated heterocycles. The van der Waals surface area contributed by atoms with Gasteiger partial charge in [-0.3, -0.25) is 13.9 Å². The maximum atomic E-state index is 13.6. The summed E-state index contributed by atoms with van der Waals surface area (Å²) in [4.78, 5) is 42.7. The van der Waals surface area contributed by atoms with Crippen LogP contribution in [0, 0.1) is 18.6 Å². The predicted molar refractivity (Wildman–Crippen MR) is 121 cm³/mol. The Bertz CT molecular complexity index is 1430. The molecule has 1 aliphatic heterocycles. The van der Waals surface area contributed by atoms with E-state index in [4.69, 9.17) is 9.47 Å². The van der Waals surface area contributed by atoms with Crippen molar-refractivity contribution >= 4 is 23.9 Å². The Morgan fingerprint density at radius 1 is 1.15 bits per heavy atom. The minimum atomic E-state index is -1.08. The molecule has 8 nitrogen and oxygen atoms in total. The van der Waals surface area contributed by atoms with E-state index < -0.39 is 28.9 Å². The van der Waals surface area contributed by atoms with Gasteiger partial charge in [0.15, 0.2) is 11.6 Å². The highest BCUT2D eigenvalue weighted by Gasteiger charge is 2.24. The summed E-state index contributed by atoms with van der Waals surface area (Å²) in [5.74, 6) is -2.13. The van der Waals surface area contributed by atoms with Crippen LogP contribution in [0.2, 0.25) is 0 Å². The molecule has 3 aromatic rings. The number of fused-ring (bicyclic) bond motifs is 1. The van der Waals surface area contributed by atoms with Gasteiger partial charge >= 0.3 is 11.7 Å². The number of nitrogens with zero attached hydrogens (tertiary/aromatic N) is 3. The highest BCUT2D eigenvalue weighted by atomic mass is 32.2.